The van der Waals surface area contributed by atoms with Crippen molar-refractivity contribution in [3.63, 3.8) is 0 Å². The number of nitrogens with zero attached hydrogens (tertiary/aromatic N) is 4. The van der Waals surface area contributed by atoms with Crippen LogP contribution in [0.4, 0.5) is 4.39 Å². The number of amides is 2. The van der Waals surface area contributed by atoms with Gasteiger partial charge in [0.05, 0.1) is 29.3 Å². The Morgan fingerprint density at radius 1 is 1.24 bits per heavy atom. The van der Waals surface area contributed by atoms with E-state index in [1.807, 2.05) is 13.8 Å². The van der Waals surface area contributed by atoms with E-state index in [9.17, 15) is 14.0 Å². The van der Waals surface area contributed by atoms with Gasteiger partial charge in [0.25, 0.3) is 0 Å². The number of nitrogens with one attached hydrogen (secondary N) is 1. The summed E-state index contributed by atoms with van der Waals surface area (Å²) >= 11 is 1.35. The zero-order valence-corrected chi connectivity index (χ0v) is 19.7. The molecule has 3 aromatic rings. The van der Waals surface area contributed by atoms with Crippen molar-refractivity contribution in [2.24, 2.45) is 17.3 Å². The van der Waals surface area contributed by atoms with Gasteiger partial charge in [0.2, 0.25) is 17.7 Å². The number of piperidine rings is 2. The number of carbonyl (C=O) groups excluding carboxylic acids is 2. The van der Waals surface area contributed by atoms with Gasteiger partial charge in [-0.1, -0.05) is 13.8 Å². The fourth-order valence-electron chi connectivity index (χ4n) is 5.24. The second-order valence-corrected chi connectivity index (χ2v) is 10.8. The van der Waals surface area contributed by atoms with Gasteiger partial charge >= 0.3 is 0 Å². The highest BCUT2D eigenvalue weighted by molar-refractivity contribution is 7.19. The molecule has 176 valence electrons. The monoisotopic (exact) mass is 481 g/mol. The van der Waals surface area contributed by atoms with Crippen molar-refractivity contribution in [1.82, 2.24) is 25.2 Å². The molecule has 0 aromatic carbocycles. The van der Waals surface area contributed by atoms with E-state index in [2.05, 4.69) is 20.3 Å². The lowest BCUT2D eigenvalue weighted by Gasteiger charge is -2.24. The second-order valence-electron chi connectivity index (χ2n) is 9.75. The van der Waals surface area contributed by atoms with Gasteiger partial charge < -0.3 is 10.1 Å². The van der Waals surface area contributed by atoms with E-state index < -0.39 is 5.82 Å². The summed E-state index contributed by atoms with van der Waals surface area (Å²) in [7, 11) is 0. The Balaban J connectivity index is 1.33. The van der Waals surface area contributed by atoms with Crippen LogP contribution in [0.25, 0.3) is 21.5 Å². The van der Waals surface area contributed by atoms with Crippen molar-refractivity contribution >= 4 is 33.5 Å². The maximum atomic E-state index is 14.2. The molecule has 2 saturated heterocycles. The molecule has 2 unspecified atom stereocenters. The Kier molecular flexibility index (Phi) is 4.93. The van der Waals surface area contributed by atoms with Crippen LogP contribution in [0, 0.1) is 23.1 Å². The highest BCUT2D eigenvalue weighted by atomic mass is 32.1. The molecule has 3 fully saturated rings. The van der Waals surface area contributed by atoms with E-state index in [0.29, 0.717) is 34.2 Å². The minimum Gasteiger partial charge on any atom is -0.473 e. The minimum atomic E-state index is -0.464. The van der Waals surface area contributed by atoms with Crippen LogP contribution in [0.5, 0.6) is 5.88 Å². The summed E-state index contributed by atoms with van der Waals surface area (Å²) in [5.41, 5.74) is 1.48. The average Bonchev–Trinajstić information content (AvgIpc) is 3.06. The average molecular weight is 482 g/mol. The molecule has 1 N–H and O–H groups in total. The molecule has 8 nitrogen and oxygen atoms in total. The molecule has 6 rings (SSSR count). The molecule has 2 amide bonds. The smallest absolute Gasteiger partial charge is 0.234 e. The topological polar surface area (TPSA) is 97.3 Å². The summed E-state index contributed by atoms with van der Waals surface area (Å²) in [6.07, 6.45) is 4.64. The Hall–Kier alpha value is -2.98. The molecule has 0 spiro atoms. The number of fused-ring (bicyclic) bond motifs is 2. The fraction of sp³-hybridized carbons (Fsp3) is 0.458. The number of aromatic nitrogens is 3. The van der Waals surface area contributed by atoms with Crippen molar-refractivity contribution in [3.05, 3.63) is 35.4 Å². The molecule has 0 radical (unpaired) electrons. The molecule has 1 saturated carbocycles. The van der Waals surface area contributed by atoms with Crippen LogP contribution in [0.2, 0.25) is 0 Å². The zero-order valence-electron chi connectivity index (χ0n) is 18.9. The number of hydrogen-bond donors (Lipinski definition) is 1. The normalized spacial score (nSPS) is 25.6. The first kappa shape index (κ1) is 21.5. The van der Waals surface area contributed by atoms with Gasteiger partial charge in [-0.3, -0.25) is 14.5 Å². The molecule has 2 aliphatic heterocycles. The van der Waals surface area contributed by atoms with E-state index in [4.69, 9.17) is 4.74 Å². The van der Waals surface area contributed by atoms with Gasteiger partial charge in [0.15, 0.2) is 5.65 Å². The van der Waals surface area contributed by atoms with Gasteiger partial charge in [-0.05, 0) is 36.9 Å². The van der Waals surface area contributed by atoms with Crippen molar-refractivity contribution in [2.45, 2.75) is 39.3 Å². The lowest BCUT2D eigenvalue weighted by atomic mass is 10.1. The Morgan fingerprint density at radius 2 is 2.03 bits per heavy atom. The summed E-state index contributed by atoms with van der Waals surface area (Å²) < 4.78 is 21.1. The summed E-state index contributed by atoms with van der Waals surface area (Å²) in [4.78, 5) is 40.0. The SMILES string of the molecule is CC1(C)C2C(=O)N(Cc3nc4nccc(-c5cc(F)cnc5O[C@H]5CCCNC5)c4s3)C(=O)C21. The Labute approximate surface area is 199 Å². The summed E-state index contributed by atoms with van der Waals surface area (Å²) in [6.45, 7) is 5.71. The molecule has 1 aliphatic carbocycles. The van der Waals surface area contributed by atoms with E-state index in [1.54, 1.807) is 12.3 Å². The van der Waals surface area contributed by atoms with Gasteiger partial charge in [-0.25, -0.2) is 19.3 Å². The number of halogens is 1. The highest BCUT2D eigenvalue weighted by Crippen LogP contribution is 2.63. The molecule has 0 bridgehead atoms. The van der Waals surface area contributed by atoms with Crippen LogP contribution in [0.1, 0.15) is 31.7 Å². The molecule has 3 aromatic heterocycles. The van der Waals surface area contributed by atoms with Gasteiger partial charge in [-0.2, -0.15) is 0 Å². The predicted molar refractivity (Wildman–Crippen MR) is 123 cm³/mol. The highest BCUT2D eigenvalue weighted by Gasteiger charge is 2.72. The maximum Gasteiger partial charge on any atom is 0.234 e. The van der Waals surface area contributed by atoms with E-state index >= 15 is 0 Å². The first-order valence-corrected chi connectivity index (χ1v) is 12.3. The quantitative estimate of drug-likeness (QED) is 0.559. The molecular weight excluding hydrogens is 457 g/mol. The molecule has 10 heteroatoms. The molecule has 3 aliphatic rings. The van der Waals surface area contributed by atoms with Crippen LogP contribution in [0.15, 0.2) is 24.5 Å². The van der Waals surface area contributed by atoms with Crippen molar-refractivity contribution in [3.8, 4) is 17.0 Å². The van der Waals surface area contributed by atoms with Crippen molar-refractivity contribution in [2.75, 3.05) is 13.1 Å². The van der Waals surface area contributed by atoms with Crippen LogP contribution in [-0.4, -0.2) is 50.9 Å². The number of ether oxygens (including phenoxy) is 1. The lowest BCUT2D eigenvalue weighted by molar-refractivity contribution is -0.143. The van der Waals surface area contributed by atoms with Crippen LogP contribution in [0.3, 0.4) is 0 Å². The number of carbonyl (C=O) groups is 2. The standard InChI is InChI=1S/C24H24FN5O3S/c1-24(2)17-18(24)23(32)30(22(17)31)11-16-29-20-19(34-16)14(5-7-27-20)15-8-12(25)9-28-21(15)33-13-4-3-6-26-10-13/h5,7-9,13,17-18,26H,3-4,6,10-11H2,1-2H3/t13-,17?,18?/m0/s1. The Morgan fingerprint density at radius 3 is 2.76 bits per heavy atom. The zero-order chi connectivity index (χ0) is 23.6. The number of hydrogen-bond acceptors (Lipinski definition) is 8. The van der Waals surface area contributed by atoms with Crippen LogP contribution < -0.4 is 10.1 Å². The first-order valence-electron chi connectivity index (χ1n) is 11.5. The van der Waals surface area contributed by atoms with E-state index in [-0.39, 0.29) is 41.7 Å². The first-order chi connectivity index (χ1) is 16.3. The Bertz CT molecular complexity index is 1300. The van der Waals surface area contributed by atoms with Crippen molar-refractivity contribution in [1.29, 1.82) is 0 Å². The molecule has 5 heterocycles. The number of thiazole rings is 1. The third kappa shape index (κ3) is 3.39. The maximum absolute atomic E-state index is 14.2. The lowest BCUT2D eigenvalue weighted by Crippen LogP contribution is -2.37. The largest absolute Gasteiger partial charge is 0.473 e. The fourth-order valence-corrected chi connectivity index (χ4v) is 6.28. The summed E-state index contributed by atoms with van der Waals surface area (Å²) in [5, 5.41) is 3.92. The van der Waals surface area contributed by atoms with E-state index in [1.165, 1.54) is 22.3 Å². The number of rotatable bonds is 5. The molecular formula is C24H24FN5O3S. The van der Waals surface area contributed by atoms with Gasteiger partial charge in [0, 0.05) is 23.9 Å². The third-order valence-corrected chi connectivity index (χ3v) is 8.22. The number of pyridine rings is 2. The third-order valence-electron chi connectivity index (χ3n) is 7.16. The second kappa shape index (κ2) is 7.78. The summed E-state index contributed by atoms with van der Waals surface area (Å²) in [5.74, 6) is -0.804. The molecule has 34 heavy (non-hydrogen) atoms. The van der Waals surface area contributed by atoms with Crippen molar-refractivity contribution < 1.29 is 18.7 Å². The minimum absolute atomic E-state index is 0.0392. The number of likely N-dealkylation sites (tertiary alicyclic amines) is 1. The van der Waals surface area contributed by atoms with Crippen LogP contribution >= 0.6 is 11.3 Å². The predicted octanol–water partition coefficient (Wildman–Crippen LogP) is 3.16. The van der Waals surface area contributed by atoms with Gasteiger partial charge in [-0.15, -0.1) is 11.3 Å². The molecule has 3 atom stereocenters. The van der Waals surface area contributed by atoms with Gasteiger partial charge in [0.1, 0.15) is 16.9 Å². The number of imide groups is 1. The summed E-state index contributed by atoms with van der Waals surface area (Å²) in [6, 6.07) is 3.20. The van der Waals surface area contributed by atoms with E-state index in [0.717, 1.165) is 30.3 Å². The van der Waals surface area contributed by atoms with Crippen LogP contribution in [-0.2, 0) is 16.1 Å².